The van der Waals surface area contributed by atoms with Gasteiger partial charge in [0.05, 0.1) is 29.6 Å². The van der Waals surface area contributed by atoms with E-state index in [4.69, 9.17) is 21.3 Å². The first-order chi connectivity index (χ1) is 21.0. The van der Waals surface area contributed by atoms with E-state index in [1.54, 1.807) is 17.2 Å². The second kappa shape index (κ2) is 11.2. The molecule has 2 unspecified atom stereocenters. The standard InChI is InChI=1S/C32H32ClFN6O4/c1-6-22(42)38-15-19-11-13-44-29-24-30(39(19)14-18(38)5)37-32(43)40(28-17(4)10-12-35-26(28)16(2)3)31(24)36-27(25(29)33)23-20(34)8-7-9-21(23)41/h6-10,12,16,18-19,41H,1,11,13-15H2,2-5H3. The molecule has 1 aromatic carbocycles. The number of amides is 1. The van der Waals surface area contributed by atoms with Gasteiger partial charge in [0.1, 0.15) is 33.5 Å². The largest absolute Gasteiger partial charge is 0.507 e. The van der Waals surface area contributed by atoms with E-state index in [0.717, 1.165) is 5.56 Å². The summed E-state index contributed by atoms with van der Waals surface area (Å²) >= 11 is 6.96. The molecule has 0 spiro atoms. The Hall–Kier alpha value is -4.51. The summed E-state index contributed by atoms with van der Waals surface area (Å²) < 4.78 is 23.0. The molecule has 0 bridgehead atoms. The number of anilines is 1. The van der Waals surface area contributed by atoms with Crippen LogP contribution in [0.3, 0.4) is 0 Å². The molecule has 0 aliphatic carbocycles. The van der Waals surface area contributed by atoms with Crippen molar-refractivity contribution < 1.29 is 19.0 Å². The van der Waals surface area contributed by atoms with Crippen LogP contribution in [0.25, 0.3) is 28.0 Å². The Morgan fingerprint density at radius 1 is 1.25 bits per heavy atom. The zero-order valence-corrected chi connectivity index (χ0v) is 25.6. The second-order valence-electron chi connectivity index (χ2n) is 11.5. The van der Waals surface area contributed by atoms with Crippen LogP contribution in [0.1, 0.15) is 44.4 Å². The molecule has 2 atom stereocenters. The van der Waals surface area contributed by atoms with Crippen LogP contribution in [0.2, 0.25) is 5.02 Å². The molecule has 5 heterocycles. The second-order valence-corrected chi connectivity index (χ2v) is 11.9. The number of piperazine rings is 1. The van der Waals surface area contributed by atoms with Gasteiger partial charge in [0.2, 0.25) is 5.91 Å². The molecule has 1 amide bonds. The van der Waals surface area contributed by atoms with E-state index in [0.29, 0.717) is 42.1 Å². The number of pyridine rings is 2. The van der Waals surface area contributed by atoms with Crippen LogP contribution in [0.5, 0.6) is 11.5 Å². The predicted octanol–water partition coefficient (Wildman–Crippen LogP) is 5.15. The zero-order chi connectivity index (χ0) is 31.4. The number of rotatable bonds is 4. The van der Waals surface area contributed by atoms with Crippen LogP contribution in [0.15, 0.2) is 47.9 Å². The number of carbonyl (C=O) groups is 1. The highest BCUT2D eigenvalue weighted by Gasteiger charge is 2.38. The van der Waals surface area contributed by atoms with E-state index in [-0.39, 0.29) is 63.9 Å². The summed E-state index contributed by atoms with van der Waals surface area (Å²) in [6.07, 6.45) is 3.46. The Morgan fingerprint density at radius 2 is 2.02 bits per heavy atom. The minimum absolute atomic E-state index is 0.0230. The number of ether oxygens (including phenoxy) is 1. The molecule has 4 aromatic rings. The van der Waals surface area contributed by atoms with Crippen LogP contribution in [-0.4, -0.2) is 67.2 Å². The molecule has 6 rings (SSSR count). The molecular weight excluding hydrogens is 587 g/mol. The molecule has 0 radical (unpaired) electrons. The molecule has 228 valence electrons. The molecule has 12 heteroatoms. The summed E-state index contributed by atoms with van der Waals surface area (Å²) in [4.78, 5) is 44.6. The Balaban J connectivity index is 1.73. The maximum absolute atomic E-state index is 15.3. The van der Waals surface area contributed by atoms with Gasteiger partial charge in [-0.3, -0.25) is 9.78 Å². The lowest BCUT2D eigenvalue weighted by atomic mass is 10.0. The summed E-state index contributed by atoms with van der Waals surface area (Å²) in [5.41, 5.74) is 1.13. The van der Waals surface area contributed by atoms with Crippen LogP contribution in [0, 0.1) is 12.7 Å². The van der Waals surface area contributed by atoms with E-state index in [2.05, 4.69) is 16.5 Å². The number of aromatic nitrogens is 4. The van der Waals surface area contributed by atoms with Crippen molar-refractivity contribution in [2.24, 2.45) is 0 Å². The number of fused-ring (bicyclic) bond motifs is 2. The first-order valence-corrected chi connectivity index (χ1v) is 14.8. The van der Waals surface area contributed by atoms with Crippen molar-refractivity contribution >= 4 is 34.4 Å². The minimum Gasteiger partial charge on any atom is -0.507 e. The van der Waals surface area contributed by atoms with Crippen LogP contribution in [0.4, 0.5) is 10.2 Å². The molecule has 0 saturated carbocycles. The Labute approximate surface area is 258 Å². The Morgan fingerprint density at radius 3 is 2.73 bits per heavy atom. The molecule has 44 heavy (non-hydrogen) atoms. The topological polar surface area (TPSA) is 114 Å². The summed E-state index contributed by atoms with van der Waals surface area (Å²) in [6, 6.07) is 5.27. The Bertz CT molecular complexity index is 1870. The normalized spacial score (nSPS) is 18.1. The fourth-order valence-electron chi connectivity index (χ4n) is 6.19. The van der Waals surface area contributed by atoms with E-state index in [9.17, 15) is 14.7 Å². The number of benzene rings is 1. The van der Waals surface area contributed by atoms with Gasteiger partial charge in [0, 0.05) is 31.7 Å². The molecule has 1 N–H and O–H groups in total. The van der Waals surface area contributed by atoms with Gasteiger partial charge in [-0.05, 0) is 49.6 Å². The average Bonchev–Trinajstić information content (AvgIpc) is 2.97. The van der Waals surface area contributed by atoms with Gasteiger partial charge in [-0.2, -0.15) is 4.98 Å². The van der Waals surface area contributed by atoms with Crippen molar-refractivity contribution in [1.82, 2.24) is 24.4 Å². The van der Waals surface area contributed by atoms with Crippen molar-refractivity contribution in [1.29, 1.82) is 0 Å². The quantitative estimate of drug-likeness (QED) is 0.313. The maximum Gasteiger partial charge on any atom is 0.355 e. The first-order valence-electron chi connectivity index (χ1n) is 14.5. The number of nitrogens with zero attached hydrogens (tertiary/aromatic N) is 6. The summed E-state index contributed by atoms with van der Waals surface area (Å²) in [6.45, 7) is 12.3. The highest BCUT2D eigenvalue weighted by atomic mass is 35.5. The van der Waals surface area contributed by atoms with E-state index in [1.807, 2.05) is 32.6 Å². The predicted molar refractivity (Wildman–Crippen MR) is 166 cm³/mol. The third-order valence-electron chi connectivity index (χ3n) is 8.33. The van der Waals surface area contributed by atoms with Gasteiger partial charge in [0.25, 0.3) is 0 Å². The van der Waals surface area contributed by atoms with E-state index < -0.39 is 11.5 Å². The summed E-state index contributed by atoms with van der Waals surface area (Å²) in [5, 5.41) is 11.1. The van der Waals surface area contributed by atoms with Crippen molar-refractivity contribution in [3.8, 4) is 28.4 Å². The number of hydrogen-bond donors (Lipinski definition) is 1. The number of aryl methyl sites for hydroxylation is 1. The first kappa shape index (κ1) is 29.6. The van der Waals surface area contributed by atoms with Gasteiger partial charge in [-0.25, -0.2) is 18.7 Å². The van der Waals surface area contributed by atoms with Gasteiger partial charge in [-0.1, -0.05) is 38.1 Å². The van der Waals surface area contributed by atoms with E-state index in [1.165, 1.54) is 28.8 Å². The maximum atomic E-state index is 15.3. The van der Waals surface area contributed by atoms with Crippen molar-refractivity contribution in [3.05, 3.63) is 75.7 Å². The van der Waals surface area contributed by atoms with Gasteiger partial charge < -0.3 is 19.6 Å². The number of phenolic OH excluding ortho intramolecular Hbond substituents is 1. The lowest BCUT2D eigenvalue weighted by Crippen LogP contribution is -2.60. The van der Waals surface area contributed by atoms with Gasteiger partial charge in [-0.15, -0.1) is 0 Å². The molecule has 1 saturated heterocycles. The summed E-state index contributed by atoms with van der Waals surface area (Å²) in [7, 11) is 0. The highest BCUT2D eigenvalue weighted by Crippen LogP contribution is 2.47. The molecule has 10 nitrogen and oxygen atoms in total. The monoisotopic (exact) mass is 618 g/mol. The number of halogens is 2. The highest BCUT2D eigenvalue weighted by molar-refractivity contribution is 6.36. The average molecular weight is 619 g/mol. The minimum atomic E-state index is -0.739. The lowest BCUT2D eigenvalue weighted by molar-refractivity contribution is -0.129. The third kappa shape index (κ3) is 4.66. The molecule has 2 aliphatic heterocycles. The molecular formula is C32H32ClFN6O4. The molecule has 1 fully saturated rings. The number of hydrogen-bond acceptors (Lipinski definition) is 8. The number of phenols is 1. The third-order valence-corrected chi connectivity index (χ3v) is 8.68. The SMILES string of the molecule is C=CC(=O)N1CC2CCOc3c(Cl)c(-c4c(O)cccc4F)nc4c3c(nc(=O)n4-c3c(C)ccnc3C(C)C)N2CC1C. The van der Waals surface area contributed by atoms with Crippen molar-refractivity contribution in [2.75, 3.05) is 24.6 Å². The van der Waals surface area contributed by atoms with Crippen LogP contribution < -0.4 is 15.3 Å². The van der Waals surface area contributed by atoms with Gasteiger partial charge >= 0.3 is 5.69 Å². The number of carbonyl (C=O) groups excluding carboxylic acids is 1. The van der Waals surface area contributed by atoms with Crippen molar-refractivity contribution in [3.63, 3.8) is 0 Å². The van der Waals surface area contributed by atoms with Gasteiger partial charge in [0.15, 0.2) is 11.4 Å². The fourth-order valence-corrected chi connectivity index (χ4v) is 6.47. The Kier molecular flexibility index (Phi) is 7.53. The van der Waals surface area contributed by atoms with Crippen molar-refractivity contribution in [2.45, 2.75) is 52.1 Å². The zero-order valence-electron chi connectivity index (χ0n) is 24.8. The van der Waals surface area contributed by atoms with Crippen LogP contribution in [-0.2, 0) is 4.79 Å². The summed E-state index contributed by atoms with van der Waals surface area (Å²) in [5.74, 6) is -0.862. The fraction of sp³-hybridized carbons (Fsp3) is 0.344. The molecule has 3 aromatic heterocycles. The van der Waals surface area contributed by atoms with Crippen LogP contribution >= 0.6 is 11.6 Å². The lowest BCUT2D eigenvalue weighted by Gasteiger charge is -2.46. The molecule has 2 aliphatic rings. The number of aromatic hydroxyl groups is 1. The van der Waals surface area contributed by atoms with E-state index >= 15 is 4.39 Å². The smallest absolute Gasteiger partial charge is 0.355 e.